The molecule has 2 heterocycles. The van der Waals surface area contributed by atoms with Crippen LogP contribution in [0.15, 0.2) is 16.9 Å². The van der Waals surface area contributed by atoms with E-state index in [2.05, 4.69) is 16.5 Å². The topological polar surface area (TPSA) is 79.4 Å². The molecule has 0 spiro atoms. The van der Waals surface area contributed by atoms with Crippen LogP contribution in [0, 0.1) is 0 Å². The molecule has 2 aromatic rings. The van der Waals surface area contributed by atoms with Gasteiger partial charge in [-0.2, -0.15) is 0 Å². The van der Waals surface area contributed by atoms with E-state index in [1.165, 1.54) is 11.1 Å². The van der Waals surface area contributed by atoms with Gasteiger partial charge < -0.3 is 15.0 Å². The maximum Gasteiger partial charge on any atom is 0.322 e. The van der Waals surface area contributed by atoms with Crippen molar-refractivity contribution in [3.8, 4) is 5.75 Å². The van der Waals surface area contributed by atoms with Crippen LogP contribution in [-0.4, -0.2) is 34.4 Å². The molecule has 1 aromatic carbocycles. The zero-order valence-corrected chi connectivity index (χ0v) is 14.5. The second-order valence-electron chi connectivity index (χ2n) is 6.66. The number of benzene rings is 1. The number of hydrogen-bond donors (Lipinski definition) is 2. The van der Waals surface area contributed by atoms with Crippen LogP contribution < -0.4 is 15.6 Å². The second-order valence-corrected chi connectivity index (χ2v) is 6.66. The van der Waals surface area contributed by atoms with Gasteiger partial charge in [-0.3, -0.25) is 14.6 Å². The molecule has 2 amide bonds. The van der Waals surface area contributed by atoms with Gasteiger partial charge in [0.05, 0.1) is 25.0 Å². The molecule has 0 saturated carbocycles. The Morgan fingerprint density at radius 2 is 2.08 bits per heavy atom. The second kappa shape index (κ2) is 5.98. The van der Waals surface area contributed by atoms with E-state index >= 15 is 0 Å². The van der Waals surface area contributed by atoms with E-state index in [1.54, 1.807) is 23.7 Å². The Labute approximate surface area is 145 Å². The van der Waals surface area contributed by atoms with Crippen LogP contribution in [0.5, 0.6) is 5.75 Å². The Balaban J connectivity index is 1.59. The zero-order chi connectivity index (χ0) is 17.6. The number of fused-ring (bicyclic) bond motifs is 2. The number of anilines is 1. The van der Waals surface area contributed by atoms with E-state index in [-0.39, 0.29) is 11.6 Å². The smallest absolute Gasteiger partial charge is 0.322 e. The number of ether oxygens (including phenoxy) is 1. The number of aromatic amines is 1. The number of methoxy groups -OCH3 is 1. The molecule has 25 heavy (non-hydrogen) atoms. The van der Waals surface area contributed by atoms with E-state index in [9.17, 15) is 9.59 Å². The van der Waals surface area contributed by atoms with Gasteiger partial charge >= 0.3 is 6.03 Å². The van der Waals surface area contributed by atoms with Gasteiger partial charge in [0.1, 0.15) is 5.75 Å². The number of carbonyl (C=O) groups is 1. The summed E-state index contributed by atoms with van der Waals surface area (Å²) in [6.45, 7) is 0.955. The van der Waals surface area contributed by atoms with Crippen LogP contribution >= 0.6 is 0 Å². The van der Waals surface area contributed by atoms with Crippen molar-refractivity contribution < 1.29 is 9.53 Å². The summed E-state index contributed by atoms with van der Waals surface area (Å²) in [5.41, 5.74) is 4.85. The average Bonchev–Trinajstić information content (AvgIpc) is 3.20. The third kappa shape index (κ3) is 2.59. The first-order valence-electron chi connectivity index (χ1n) is 8.60. The highest BCUT2D eigenvalue weighted by Crippen LogP contribution is 2.36. The summed E-state index contributed by atoms with van der Waals surface area (Å²) in [6.07, 6.45) is 3.67. The highest BCUT2D eigenvalue weighted by atomic mass is 16.5. The number of aryl methyl sites for hydroxylation is 2. The number of carbonyl (C=O) groups excluding carboxylic acids is 1. The van der Waals surface area contributed by atoms with Crippen molar-refractivity contribution in [1.82, 2.24) is 14.7 Å². The lowest BCUT2D eigenvalue weighted by Crippen LogP contribution is -2.40. The molecule has 132 valence electrons. The molecule has 4 rings (SSSR count). The predicted molar refractivity (Wildman–Crippen MR) is 94.2 cm³/mol. The van der Waals surface area contributed by atoms with E-state index in [4.69, 9.17) is 4.74 Å². The number of hydrogen-bond acceptors (Lipinski definition) is 3. The summed E-state index contributed by atoms with van der Waals surface area (Å²) >= 11 is 0. The molecule has 0 radical (unpaired) electrons. The largest absolute Gasteiger partial charge is 0.495 e. The normalized spacial score (nSPS) is 15.7. The maximum absolute atomic E-state index is 12.8. The predicted octanol–water partition coefficient (Wildman–Crippen LogP) is 1.80. The fraction of sp³-hybridized carbons (Fsp3) is 0.444. The van der Waals surface area contributed by atoms with Gasteiger partial charge in [-0.15, -0.1) is 0 Å². The number of aromatic nitrogens is 2. The van der Waals surface area contributed by atoms with Gasteiger partial charge in [0.15, 0.2) is 0 Å². The van der Waals surface area contributed by atoms with Crippen molar-refractivity contribution in [2.24, 2.45) is 7.05 Å². The Hall–Kier alpha value is -2.70. The molecule has 1 aromatic heterocycles. The fourth-order valence-electron chi connectivity index (χ4n) is 3.90. The summed E-state index contributed by atoms with van der Waals surface area (Å²) in [5.74, 6) is 0.695. The molecule has 7 nitrogen and oxygen atoms in total. The lowest BCUT2D eigenvalue weighted by atomic mass is 10.1. The summed E-state index contributed by atoms with van der Waals surface area (Å²) < 4.78 is 7.16. The lowest BCUT2D eigenvalue weighted by Gasteiger charge is -2.28. The van der Waals surface area contributed by atoms with Crippen molar-refractivity contribution in [3.05, 3.63) is 44.9 Å². The molecule has 2 N–H and O–H groups in total. The molecule has 0 bridgehead atoms. The minimum absolute atomic E-state index is 0.0555. The molecule has 2 aliphatic rings. The standard InChI is InChI=1S/C18H22N4O3/c1-21-14-10-22(9-8-13(14)17(23)20-21)18(24)19-16-12-5-3-4-11(12)6-7-15(16)25-2/h6-7H,3-5,8-10H2,1-2H3,(H,19,24)(H,20,23). The number of rotatable bonds is 2. The third-order valence-corrected chi connectivity index (χ3v) is 5.25. The van der Waals surface area contributed by atoms with Crippen molar-refractivity contribution in [1.29, 1.82) is 0 Å². The first-order chi connectivity index (χ1) is 12.1. The molecule has 0 atom stereocenters. The van der Waals surface area contributed by atoms with E-state index < -0.39 is 0 Å². The SMILES string of the molecule is COc1ccc2c(c1NC(=O)N1CCc3c(n(C)[nH]c3=O)C1)CCC2. The van der Waals surface area contributed by atoms with Gasteiger partial charge in [0.25, 0.3) is 5.56 Å². The molecule has 0 saturated heterocycles. The van der Waals surface area contributed by atoms with Crippen LogP contribution in [-0.2, 0) is 32.9 Å². The van der Waals surface area contributed by atoms with Gasteiger partial charge in [-0.05, 0) is 42.9 Å². The molecular formula is C18H22N4O3. The average molecular weight is 342 g/mol. The fourth-order valence-corrected chi connectivity index (χ4v) is 3.90. The molecule has 1 aliphatic carbocycles. The van der Waals surface area contributed by atoms with Crippen LogP contribution in [0.25, 0.3) is 0 Å². The monoisotopic (exact) mass is 342 g/mol. The highest BCUT2D eigenvalue weighted by Gasteiger charge is 2.27. The van der Waals surface area contributed by atoms with Crippen molar-refractivity contribution >= 4 is 11.7 Å². The van der Waals surface area contributed by atoms with Crippen LogP contribution in [0.3, 0.4) is 0 Å². The van der Waals surface area contributed by atoms with Crippen LogP contribution in [0.1, 0.15) is 28.8 Å². The number of H-pyrrole nitrogens is 1. The Morgan fingerprint density at radius 3 is 2.88 bits per heavy atom. The quantitative estimate of drug-likeness (QED) is 0.873. The minimum atomic E-state index is -0.155. The van der Waals surface area contributed by atoms with Crippen LogP contribution in [0.2, 0.25) is 0 Å². The van der Waals surface area contributed by atoms with Crippen molar-refractivity contribution in [3.63, 3.8) is 0 Å². The molecule has 0 unspecified atom stereocenters. The summed E-state index contributed by atoms with van der Waals surface area (Å²) in [5, 5.41) is 5.82. The summed E-state index contributed by atoms with van der Waals surface area (Å²) in [7, 11) is 3.42. The molecule has 1 aliphatic heterocycles. The first kappa shape index (κ1) is 15.8. The Morgan fingerprint density at radius 1 is 1.24 bits per heavy atom. The summed E-state index contributed by atoms with van der Waals surface area (Å²) in [4.78, 5) is 26.4. The molecule has 0 fully saturated rings. The number of nitrogens with zero attached hydrogens (tertiary/aromatic N) is 2. The van der Waals surface area contributed by atoms with Gasteiger partial charge in [0.2, 0.25) is 0 Å². The third-order valence-electron chi connectivity index (χ3n) is 5.25. The van der Waals surface area contributed by atoms with Gasteiger partial charge in [-0.25, -0.2) is 4.79 Å². The number of urea groups is 1. The summed E-state index contributed by atoms with van der Waals surface area (Å²) in [6, 6.07) is 3.85. The lowest BCUT2D eigenvalue weighted by molar-refractivity contribution is 0.204. The minimum Gasteiger partial charge on any atom is -0.495 e. The highest BCUT2D eigenvalue weighted by molar-refractivity contribution is 5.92. The van der Waals surface area contributed by atoms with E-state index in [0.717, 1.165) is 36.2 Å². The van der Waals surface area contributed by atoms with Gasteiger partial charge in [0, 0.05) is 19.2 Å². The van der Waals surface area contributed by atoms with E-state index in [0.29, 0.717) is 25.3 Å². The van der Waals surface area contributed by atoms with Gasteiger partial charge in [-0.1, -0.05) is 6.07 Å². The maximum atomic E-state index is 12.8. The van der Waals surface area contributed by atoms with Crippen molar-refractivity contribution in [2.45, 2.75) is 32.2 Å². The Kier molecular flexibility index (Phi) is 3.78. The Bertz CT molecular complexity index is 896. The molecular weight excluding hydrogens is 320 g/mol. The van der Waals surface area contributed by atoms with Crippen molar-refractivity contribution in [2.75, 3.05) is 19.0 Å². The number of nitrogens with one attached hydrogen (secondary N) is 2. The molecule has 7 heteroatoms. The van der Waals surface area contributed by atoms with Crippen LogP contribution in [0.4, 0.5) is 10.5 Å². The first-order valence-corrected chi connectivity index (χ1v) is 8.60. The number of amides is 2. The van der Waals surface area contributed by atoms with E-state index in [1.807, 2.05) is 6.07 Å². The zero-order valence-electron chi connectivity index (χ0n) is 14.5.